The average Bonchev–Trinajstić information content (AvgIpc) is 2.64. The minimum atomic E-state index is 0.775. The Morgan fingerprint density at radius 3 is 2.94 bits per heavy atom. The van der Waals surface area contributed by atoms with Gasteiger partial charge < -0.3 is 4.90 Å². The fraction of sp³-hybridized carbons (Fsp3) is 0.300. The fourth-order valence-corrected chi connectivity index (χ4v) is 2.70. The predicted molar refractivity (Wildman–Crippen MR) is 73.7 cm³/mol. The van der Waals surface area contributed by atoms with Gasteiger partial charge in [-0.3, -0.25) is 0 Å². The van der Waals surface area contributed by atoms with Gasteiger partial charge in [0.25, 0.3) is 0 Å². The Morgan fingerprint density at radius 2 is 2.31 bits per heavy atom. The average molecular weight is 346 g/mol. The van der Waals surface area contributed by atoms with E-state index in [-0.39, 0.29) is 0 Å². The first-order chi connectivity index (χ1) is 7.66. The third-order valence-corrected chi connectivity index (χ3v) is 3.66. The van der Waals surface area contributed by atoms with Crippen molar-refractivity contribution in [2.24, 2.45) is 0 Å². The molecule has 16 heavy (non-hydrogen) atoms. The van der Waals surface area contributed by atoms with Crippen LogP contribution in [0.5, 0.6) is 0 Å². The van der Waals surface area contributed by atoms with Crippen LogP contribution >= 0.6 is 33.9 Å². The summed E-state index contributed by atoms with van der Waals surface area (Å²) < 4.78 is 1.05. The van der Waals surface area contributed by atoms with Crippen molar-refractivity contribution in [3.8, 4) is 0 Å². The van der Waals surface area contributed by atoms with Crippen LogP contribution in [-0.4, -0.2) is 22.0 Å². The molecule has 0 amide bonds. The summed E-state index contributed by atoms with van der Waals surface area (Å²) in [7, 11) is 2.01. The first-order valence-corrected chi connectivity index (χ1v) is 6.70. The first-order valence-electron chi connectivity index (χ1n) is 4.74. The van der Waals surface area contributed by atoms with Crippen LogP contribution in [0.3, 0.4) is 0 Å². The summed E-state index contributed by atoms with van der Waals surface area (Å²) in [6, 6.07) is 0. The second kappa shape index (κ2) is 5.05. The van der Waals surface area contributed by atoms with Crippen LogP contribution < -0.4 is 4.90 Å². The standard InChI is InChI=1S/C10H11IN4S/c1-7-14-8(5-16-7)4-15(2)10-9(11)3-12-6-13-10/h3,5-6H,4H2,1-2H3. The Morgan fingerprint density at radius 1 is 1.50 bits per heavy atom. The van der Waals surface area contributed by atoms with E-state index in [0.29, 0.717) is 0 Å². The Balaban J connectivity index is 2.14. The van der Waals surface area contributed by atoms with E-state index in [1.165, 1.54) is 0 Å². The fourth-order valence-electron chi connectivity index (χ4n) is 1.39. The molecule has 4 nitrogen and oxygen atoms in total. The van der Waals surface area contributed by atoms with Crippen molar-refractivity contribution >= 4 is 39.7 Å². The van der Waals surface area contributed by atoms with Gasteiger partial charge in [-0.25, -0.2) is 15.0 Å². The van der Waals surface area contributed by atoms with Crippen LogP contribution in [0.2, 0.25) is 0 Å². The van der Waals surface area contributed by atoms with Gasteiger partial charge in [-0.2, -0.15) is 0 Å². The van der Waals surface area contributed by atoms with Gasteiger partial charge >= 0.3 is 0 Å². The molecule has 0 saturated heterocycles. The van der Waals surface area contributed by atoms with E-state index in [0.717, 1.165) is 26.6 Å². The normalized spacial score (nSPS) is 10.4. The molecule has 2 aromatic rings. The highest BCUT2D eigenvalue weighted by Gasteiger charge is 2.09. The van der Waals surface area contributed by atoms with Crippen LogP contribution in [0.1, 0.15) is 10.7 Å². The topological polar surface area (TPSA) is 41.9 Å². The Bertz CT molecular complexity index is 485. The van der Waals surface area contributed by atoms with E-state index in [1.54, 1.807) is 17.7 Å². The number of nitrogens with zero attached hydrogens (tertiary/aromatic N) is 4. The van der Waals surface area contributed by atoms with E-state index in [1.807, 2.05) is 20.2 Å². The molecule has 0 atom stereocenters. The number of aromatic nitrogens is 3. The highest BCUT2D eigenvalue weighted by molar-refractivity contribution is 14.1. The number of hydrogen-bond donors (Lipinski definition) is 0. The zero-order valence-electron chi connectivity index (χ0n) is 9.01. The lowest BCUT2D eigenvalue weighted by Gasteiger charge is -2.17. The van der Waals surface area contributed by atoms with E-state index in [4.69, 9.17) is 0 Å². The Hall–Kier alpha value is -0.760. The lowest BCUT2D eigenvalue weighted by molar-refractivity contribution is 0.861. The second-order valence-electron chi connectivity index (χ2n) is 3.41. The highest BCUT2D eigenvalue weighted by atomic mass is 127. The predicted octanol–water partition coefficient (Wildman–Crippen LogP) is 2.48. The largest absolute Gasteiger partial charge is 0.353 e. The van der Waals surface area contributed by atoms with Crippen molar-refractivity contribution in [2.45, 2.75) is 13.5 Å². The van der Waals surface area contributed by atoms with Crippen molar-refractivity contribution in [1.82, 2.24) is 15.0 Å². The lowest BCUT2D eigenvalue weighted by atomic mass is 10.4. The number of halogens is 1. The van der Waals surface area contributed by atoms with E-state index in [9.17, 15) is 0 Å². The van der Waals surface area contributed by atoms with Crippen LogP contribution in [0.4, 0.5) is 5.82 Å². The third-order valence-electron chi connectivity index (χ3n) is 2.08. The molecule has 0 radical (unpaired) electrons. The number of rotatable bonds is 3. The Labute approximate surface area is 112 Å². The van der Waals surface area contributed by atoms with Gasteiger partial charge in [0.15, 0.2) is 0 Å². The minimum absolute atomic E-state index is 0.775. The molecule has 0 aromatic carbocycles. The molecule has 0 aliphatic rings. The van der Waals surface area contributed by atoms with E-state index < -0.39 is 0 Å². The van der Waals surface area contributed by atoms with Gasteiger partial charge in [-0.05, 0) is 29.5 Å². The molecule has 0 aliphatic carbocycles. The molecule has 0 unspecified atom stereocenters. The molecule has 2 heterocycles. The molecule has 2 aromatic heterocycles. The maximum absolute atomic E-state index is 4.44. The minimum Gasteiger partial charge on any atom is -0.353 e. The monoisotopic (exact) mass is 346 g/mol. The van der Waals surface area contributed by atoms with Crippen LogP contribution in [0, 0.1) is 10.5 Å². The summed E-state index contributed by atoms with van der Waals surface area (Å²) in [4.78, 5) is 14.8. The molecular weight excluding hydrogens is 335 g/mol. The van der Waals surface area contributed by atoms with Crippen LogP contribution in [0.25, 0.3) is 0 Å². The summed E-state index contributed by atoms with van der Waals surface area (Å²) in [6.45, 7) is 2.79. The summed E-state index contributed by atoms with van der Waals surface area (Å²) >= 11 is 3.91. The van der Waals surface area contributed by atoms with E-state index in [2.05, 4.69) is 47.8 Å². The van der Waals surface area contributed by atoms with Gasteiger partial charge in [-0.15, -0.1) is 11.3 Å². The molecule has 0 bridgehead atoms. The lowest BCUT2D eigenvalue weighted by Crippen LogP contribution is -2.19. The van der Waals surface area contributed by atoms with Gasteiger partial charge in [0, 0.05) is 18.6 Å². The molecule has 0 fully saturated rings. The summed E-state index contributed by atoms with van der Waals surface area (Å²) in [5, 5.41) is 3.18. The van der Waals surface area contributed by atoms with Gasteiger partial charge in [0.05, 0.1) is 20.8 Å². The molecule has 6 heteroatoms. The quantitative estimate of drug-likeness (QED) is 0.801. The van der Waals surface area contributed by atoms with Gasteiger partial charge in [0.1, 0.15) is 12.1 Å². The van der Waals surface area contributed by atoms with E-state index >= 15 is 0 Å². The molecule has 0 N–H and O–H groups in total. The zero-order valence-corrected chi connectivity index (χ0v) is 12.0. The zero-order chi connectivity index (χ0) is 11.5. The number of aryl methyl sites for hydroxylation is 1. The third kappa shape index (κ3) is 2.67. The number of hydrogen-bond acceptors (Lipinski definition) is 5. The second-order valence-corrected chi connectivity index (χ2v) is 5.63. The van der Waals surface area contributed by atoms with Crippen LogP contribution in [0.15, 0.2) is 17.9 Å². The SMILES string of the molecule is Cc1nc(CN(C)c2ncncc2I)cs1. The van der Waals surface area contributed by atoms with Crippen molar-refractivity contribution in [3.05, 3.63) is 32.2 Å². The molecular formula is C10H11IN4S. The number of anilines is 1. The van der Waals surface area contributed by atoms with Crippen molar-refractivity contribution in [1.29, 1.82) is 0 Å². The van der Waals surface area contributed by atoms with Gasteiger partial charge in [0.2, 0.25) is 0 Å². The maximum Gasteiger partial charge on any atom is 0.145 e. The summed E-state index contributed by atoms with van der Waals surface area (Å²) in [5.41, 5.74) is 1.08. The van der Waals surface area contributed by atoms with Crippen LogP contribution in [-0.2, 0) is 6.54 Å². The van der Waals surface area contributed by atoms with Gasteiger partial charge in [-0.1, -0.05) is 0 Å². The first kappa shape index (κ1) is 11.7. The van der Waals surface area contributed by atoms with Crippen molar-refractivity contribution in [2.75, 3.05) is 11.9 Å². The summed E-state index contributed by atoms with van der Waals surface area (Å²) in [5.74, 6) is 0.946. The molecule has 2 rings (SSSR count). The number of thiazole rings is 1. The highest BCUT2D eigenvalue weighted by Crippen LogP contribution is 2.19. The van der Waals surface area contributed by atoms with Crippen molar-refractivity contribution in [3.63, 3.8) is 0 Å². The maximum atomic E-state index is 4.44. The molecule has 0 aliphatic heterocycles. The molecule has 0 saturated carbocycles. The smallest absolute Gasteiger partial charge is 0.145 e. The summed E-state index contributed by atoms with van der Waals surface area (Å²) in [6.07, 6.45) is 3.38. The Kier molecular flexibility index (Phi) is 3.70. The molecule has 0 spiro atoms. The van der Waals surface area contributed by atoms with Crippen molar-refractivity contribution < 1.29 is 0 Å². The molecule has 84 valence electrons.